The highest BCUT2D eigenvalue weighted by molar-refractivity contribution is 5.90. The molecule has 2 N–H and O–H groups in total. The van der Waals surface area contributed by atoms with E-state index >= 15 is 0 Å². The minimum absolute atomic E-state index is 0.0841. The first-order valence-electron chi connectivity index (χ1n) is 7.19. The van der Waals surface area contributed by atoms with E-state index in [-0.39, 0.29) is 23.9 Å². The van der Waals surface area contributed by atoms with Gasteiger partial charge in [-0.25, -0.2) is 4.79 Å². The van der Waals surface area contributed by atoms with Crippen LogP contribution in [-0.4, -0.2) is 27.8 Å². The minimum atomic E-state index is -0.547. The van der Waals surface area contributed by atoms with E-state index in [2.05, 4.69) is 20.8 Å². The number of aromatic nitrogens is 2. The van der Waals surface area contributed by atoms with Crippen LogP contribution in [0.2, 0.25) is 0 Å². The van der Waals surface area contributed by atoms with Crippen LogP contribution in [0.15, 0.2) is 22.6 Å². The van der Waals surface area contributed by atoms with E-state index in [1.165, 1.54) is 18.2 Å². The number of hydrogen-bond donors (Lipinski definition) is 2. The molecule has 2 aromatic rings. The van der Waals surface area contributed by atoms with Crippen molar-refractivity contribution in [2.45, 2.75) is 26.8 Å². The number of aryl methyl sites for hydroxylation is 1. The highest BCUT2D eigenvalue weighted by Gasteiger charge is 2.18. The monoisotopic (exact) mass is 335 g/mol. The Morgan fingerprint density at radius 3 is 2.79 bits per heavy atom. The summed E-state index contributed by atoms with van der Waals surface area (Å²) in [5, 5.41) is 23.6. The normalized spacial score (nSPS) is 11.6. The second-order valence-electron chi connectivity index (χ2n) is 4.85. The molecule has 1 aromatic carbocycles. The fourth-order valence-corrected chi connectivity index (χ4v) is 1.93. The van der Waals surface area contributed by atoms with Crippen molar-refractivity contribution < 1.29 is 18.9 Å². The maximum Gasteiger partial charge on any atom is 0.319 e. The van der Waals surface area contributed by atoms with E-state index in [1.54, 1.807) is 20.8 Å². The quantitative estimate of drug-likeness (QED) is 0.612. The molecular weight excluding hydrogens is 318 g/mol. The average Bonchev–Trinajstić information content (AvgIpc) is 2.94. The zero-order valence-electron chi connectivity index (χ0n) is 13.4. The Kier molecular flexibility index (Phi) is 5.30. The fourth-order valence-electron chi connectivity index (χ4n) is 1.93. The van der Waals surface area contributed by atoms with Crippen molar-refractivity contribution >= 4 is 17.4 Å². The summed E-state index contributed by atoms with van der Waals surface area (Å²) in [5.74, 6) is 0.762. The molecule has 0 fully saturated rings. The zero-order valence-corrected chi connectivity index (χ0v) is 13.4. The first-order valence-corrected chi connectivity index (χ1v) is 7.19. The maximum atomic E-state index is 12.0. The van der Waals surface area contributed by atoms with Gasteiger partial charge in [-0.3, -0.25) is 10.1 Å². The smallest absolute Gasteiger partial charge is 0.319 e. The SMILES string of the molecule is CCOc1cc(NC(=O)NC(C)c2nnc(C)o2)ccc1[N+](=O)[O-]. The lowest BCUT2D eigenvalue weighted by Crippen LogP contribution is -2.31. The zero-order chi connectivity index (χ0) is 17.7. The minimum Gasteiger partial charge on any atom is -0.487 e. The first-order chi connectivity index (χ1) is 11.4. The molecule has 0 spiro atoms. The van der Waals surface area contributed by atoms with Gasteiger partial charge in [0.05, 0.1) is 11.5 Å². The lowest BCUT2D eigenvalue weighted by Gasteiger charge is -2.12. The second-order valence-corrected chi connectivity index (χ2v) is 4.85. The number of anilines is 1. The van der Waals surface area contributed by atoms with Gasteiger partial charge >= 0.3 is 11.7 Å². The second kappa shape index (κ2) is 7.40. The molecule has 0 aliphatic rings. The molecule has 0 bridgehead atoms. The third-order valence-corrected chi connectivity index (χ3v) is 2.97. The number of nitro groups is 1. The van der Waals surface area contributed by atoms with Gasteiger partial charge in [-0.15, -0.1) is 10.2 Å². The summed E-state index contributed by atoms with van der Waals surface area (Å²) in [7, 11) is 0. The number of carbonyl (C=O) groups excluding carboxylic acids is 1. The van der Waals surface area contributed by atoms with Gasteiger partial charge in [-0.1, -0.05) is 0 Å². The molecule has 0 radical (unpaired) electrons. The van der Waals surface area contributed by atoms with Crippen LogP contribution in [-0.2, 0) is 0 Å². The first kappa shape index (κ1) is 17.2. The number of nitrogens with one attached hydrogen (secondary N) is 2. The summed E-state index contributed by atoms with van der Waals surface area (Å²) in [6, 6.07) is 3.07. The Labute approximate surface area is 137 Å². The molecule has 0 saturated carbocycles. The molecule has 1 atom stereocenters. The number of rotatable bonds is 6. The van der Waals surface area contributed by atoms with E-state index in [0.717, 1.165) is 0 Å². The Hall–Kier alpha value is -3.17. The fraction of sp³-hybridized carbons (Fsp3) is 0.357. The van der Waals surface area contributed by atoms with E-state index in [4.69, 9.17) is 9.15 Å². The molecule has 2 amide bonds. The van der Waals surface area contributed by atoms with Crippen molar-refractivity contribution in [3.8, 4) is 5.75 Å². The Morgan fingerprint density at radius 1 is 1.46 bits per heavy atom. The van der Waals surface area contributed by atoms with Crippen molar-refractivity contribution in [3.05, 3.63) is 40.1 Å². The van der Waals surface area contributed by atoms with E-state index < -0.39 is 17.0 Å². The number of benzene rings is 1. The van der Waals surface area contributed by atoms with Crippen LogP contribution in [0.4, 0.5) is 16.2 Å². The van der Waals surface area contributed by atoms with Gasteiger partial charge < -0.3 is 19.8 Å². The molecule has 1 heterocycles. The number of urea groups is 1. The van der Waals surface area contributed by atoms with Crippen LogP contribution in [0, 0.1) is 17.0 Å². The third-order valence-electron chi connectivity index (χ3n) is 2.97. The number of nitrogens with zero attached hydrogens (tertiary/aromatic N) is 3. The maximum absolute atomic E-state index is 12.0. The Balaban J connectivity index is 2.05. The number of nitro benzene ring substituents is 1. The lowest BCUT2D eigenvalue weighted by atomic mass is 10.2. The van der Waals surface area contributed by atoms with Crippen LogP contribution in [0.3, 0.4) is 0 Å². The van der Waals surface area contributed by atoms with E-state index in [1.807, 2.05) is 0 Å². The van der Waals surface area contributed by atoms with Crippen LogP contribution in [0.25, 0.3) is 0 Å². The van der Waals surface area contributed by atoms with Gasteiger partial charge in [-0.05, 0) is 19.9 Å². The predicted molar refractivity (Wildman–Crippen MR) is 83.9 cm³/mol. The lowest BCUT2D eigenvalue weighted by molar-refractivity contribution is -0.385. The Bertz CT molecular complexity index is 745. The molecule has 24 heavy (non-hydrogen) atoms. The average molecular weight is 335 g/mol. The summed E-state index contributed by atoms with van der Waals surface area (Å²) in [6.07, 6.45) is 0. The van der Waals surface area contributed by atoms with E-state index in [0.29, 0.717) is 11.6 Å². The van der Waals surface area contributed by atoms with Crippen molar-refractivity contribution in [2.24, 2.45) is 0 Å². The summed E-state index contributed by atoms with van der Waals surface area (Å²) in [4.78, 5) is 22.4. The van der Waals surface area contributed by atoms with Gasteiger partial charge in [0.25, 0.3) is 0 Å². The van der Waals surface area contributed by atoms with Crippen LogP contribution in [0.5, 0.6) is 5.75 Å². The van der Waals surface area contributed by atoms with Crippen molar-refractivity contribution in [1.82, 2.24) is 15.5 Å². The standard InChI is InChI=1S/C14H17N5O5/c1-4-23-12-7-10(5-6-11(12)19(21)22)16-14(20)15-8(2)13-18-17-9(3)24-13/h5-8H,4H2,1-3H3,(H2,15,16,20). The molecule has 10 heteroatoms. The van der Waals surface area contributed by atoms with E-state index in [9.17, 15) is 14.9 Å². The van der Waals surface area contributed by atoms with Gasteiger partial charge in [0.1, 0.15) is 6.04 Å². The van der Waals surface area contributed by atoms with Crippen LogP contribution >= 0.6 is 0 Å². The largest absolute Gasteiger partial charge is 0.487 e. The number of ether oxygens (including phenoxy) is 1. The molecule has 0 saturated heterocycles. The number of amides is 2. The molecule has 10 nitrogen and oxygen atoms in total. The van der Waals surface area contributed by atoms with Crippen molar-refractivity contribution in [2.75, 3.05) is 11.9 Å². The summed E-state index contributed by atoms with van der Waals surface area (Å²) in [6.45, 7) is 5.32. The Morgan fingerprint density at radius 2 is 2.21 bits per heavy atom. The van der Waals surface area contributed by atoms with Crippen LogP contribution < -0.4 is 15.4 Å². The molecule has 1 aromatic heterocycles. The number of carbonyl (C=O) groups is 1. The van der Waals surface area contributed by atoms with Gasteiger partial charge in [0.15, 0.2) is 5.75 Å². The highest BCUT2D eigenvalue weighted by Crippen LogP contribution is 2.30. The topological polar surface area (TPSA) is 132 Å². The summed E-state index contributed by atoms with van der Waals surface area (Å²) < 4.78 is 10.5. The highest BCUT2D eigenvalue weighted by atomic mass is 16.6. The third kappa shape index (κ3) is 4.18. The molecular formula is C14H17N5O5. The van der Waals surface area contributed by atoms with Crippen molar-refractivity contribution in [3.63, 3.8) is 0 Å². The summed E-state index contributed by atoms with van der Waals surface area (Å²) in [5.41, 5.74) is 0.188. The molecule has 2 rings (SSSR count). The van der Waals surface area contributed by atoms with Gasteiger partial charge in [0.2, 0.25) is 11.8 Å². The van der Waals surface area contributed by atoms with Gasteiger partial charge in [-0.2, -0.15) is 0 Å². The van der Waals surface area contributed by atoms with Gasteiger partial charge in [0, 0.05) is 24.7 Å². The van der Waals surface area contributed by atoms with Crippen LogP contribution in [0.1, 0.15) is 31.7 Å². The molecule has 0 aliphatic heterocycles. The predicted octanol–water partition coefficient (Wildman–Crippen LogP) is 2.57. The molecule has 0 aliphatic carbocycles. The molecule has 128 valence electrons. The van der Waals surface area contributed by atoms with Crippen molar-refractivity contribution in [1.29, 1.82) is 0 Å². The summed E-state index contributed by atoms with van der Waals surface area (Å²) >= 11 is 0. The number of hydrogen-bond acceptors (Lipinski definition) is 7. The molecule has 1 unspecified atom stereocenters.